The van der Waals surface area contributed by atoms with Gasteiger partial charge in [-0.15, -0.1) is 0 Å². The summed E-state index contributed by atoms with van der Waals surface area (Å²) in [5.41, 5.74) is 8.31. The molecule has 0 saturated carbocycles. The van der Waals surface area contributed by atoms with Crippen molar-refractivity contribution in [2.24, 2.45) is 0 Å². The van der Waals surface area contributed by atoms with Crippen molar-refractivity contribution in [3.63, 3.8) is 0 Å². The molecule has 0 amide bonds. The van der Waals surface area contributed by atoms with Crippen molar-refractivity contribution in [2.75, 3.05) is 16.4 Å². The number of aryl methyl sites for hydroxylation is 1. The molecule has 0 aliphatic carbocycles. The van der Waals surface area contributed by atoms with Gasteiger partial charge in [-0.3, -0.25) is 0 Å². The smallest absolute Gasteiger partial charge is 0.160 e. The molecule has 1 aromatic carbocycles. The van der Waals surface area contributed by atoms with Gasteiger partial charge >= 0.3 is 0 Å². The second kappa shape index (κ2) is 6.90. The quantitative estimate of drug-likeness (QED) is 0.632. The number of hydrogen-bond acceptors (Lipinski definition) is 6. The highest BCUT2D eigenvalue weighted by atomic mass is 35.5. The van der Waals surface area contributed by atoms with E-state index >= 15 is 0 Å². The fourth-order valence-corrected chi connectivity index (χ4v) is 2.33. The molecule has 0 saturated heterocycles. The first-order chi connectivity index (χ1) is 11.5. The van der Waals surface area contributed by atoms with E-state index in [1.165, 1.54) is 6.33 Å². The molecule has 3 rings (SSSR count). The van der Waals surface area contributed by atoms with Gasteiger partial charge in [0.2, 0.25) is 0 Å². The molecule has 4 N–H and O–H groups in total. The number of aromatic nitrogens is 3. The van der Waals surface area contributed by atoms with Crippen LogP contribution < -0.4 is 16.4 Å². The van der Waals surface area contributed by atoms with E-state index in [9.17, 15) is 0 Å². The molecule has 0 atom stereocenters. The summed E-state index contributed by atoms with van der Waals surface area (Å²) in [5.74, 6) is 1.57. The maximum Gasteiger partial charge on any atom is 0.160 e. The van der Waals surface area contributed by atoms with Gasteiger partial charge in [0.1, 0.15) is 17.8 Å². The van der Waals surface area contributed by atoms with Crippen molar-refractivity contribution in [1.82, 2.24) is 15.0 Å². The Balaban J connectivity index is 1.86. The number of nitrogens with two attached hydrogens (primary N) is 1. The lowest BCUT2D eigenvalue weighted by atomic mass is 10.3. The number of anilines is 5. The summed E-state index contributed by atoms with van der Waals surface area (Å²) >= 11 is 11.9. The van der Waals surface area contributed by atoms with Gasteiger partial charge < -0.3 is 16.4 Å². The van der Waals surface area contributed by atoms with Gasteiger partial charge in [0.15, 0.2) is 11.6 Å². The van der Waals surface area contributed by atoms with Crippen molar-refractivity contribution in [2.45, 2.75) is 6.92 Å². The number of halogens is 2. The Morgan fingerprint density at radius 1 is 0.917 bits per heavy atom. The van der Waals surface area contributed by atoms with Crippen molar-refractivity contribution in [3.05, 3.63) is 58.5 Å². The Morgan fingerprint density at radius 3 is 2.38 bits per heavy atom. The molecule has 6 nitrogen and oxygen atoms in total. The molecule has 3 aromatic rings. The van der Waals surface area contributed by atoms with Crippen molar-refractivity contribution in [3.8, 4) is 0 Å². The maximum absolute atomic E-state index is 6.15. The van der Waals surface area contributed by atoms with Gasteiger partial charge in [0.25, 0.3) is 0 Å². The van der Waals surface area contributed by atoms with E-state index in [0.29, 0.717) is 33.2 Å². The van der Waals surface area contributed by atoms with Crippen molar-refractivity contribution >= 4 is 52.0 Å². The predicted molar refractivity (Wildman–Crippen MR) is 98.4 cm³/mol. The molecule has 0 aliphatic heterocycles. The van der Waals surface area contributed by atoms with Gasteiger partial charge in [-0.25, -0.2) is 15.0 Å². The molecule has 0 unspecified atom stereocenters. The van der Waals surface area contributed by atoms with Crippen LogP contribution >= 0.6 is 23.2 Å². The zero-order valence-corrected chi connectivity index (χ0v) is 14.2. The molecular weight excluding hydrogens is 347 g/mol. The van der Waals surface area contributed by atoms with Gasteiger partial charge in [-0.2, -0.15) is 0 Å². The second-order valence-corrected chi connectivity index (χ2v) is 5.90. The molecule has 122 valence electrons. The van der Waals surface area contributed by atoms with Crippen LogP contribution in [0.3, 0.4) is 0 Å². The third kappa shape index (κ3) is 3.67. The van der Waals surface area contributed by atoms with Gasteiger partial charge in [0.05, 0.1) is 10.0 Å². The fraction of sp³-hybridized carbons (Fsp3) is 0.0625. The van der Waals surface area contributed by atoms with Crippen LogP contribution in [0.2, 0.25) is 10.0 Å². The number of pyridine rings is 1. The number of hydrogen-bond donors (Lipinski definition) is 3. The largest absolute Gasteiger partial charge is 0.393 e. The minimum Gasteiger partial charge on any atom is -0.393 e. The molecule has 0 aliphatic rings. The van der Waals surface area contributed by atoms with Gasteiger partial charge in [0, 0.05) is 11.9 Å². The number of nitrogens with one attached hydrogen (secondary N) is 2. The van der Waals surface area contributed by atoms with Crippen molar-refractivity contribution < 1.29 is 0 Å². The molecule has 2 aromatic heterocycles. The molecule has 8 heteroatoms. The Kier molecular flexibility index (Phi) is 4.69. The summed E-state index contributed by atoms with van der Waals surface area (Å²) in [6, 6.07) is 8.98. The van der Waals surface area contributed by atoms with Crippen LogP contribution in [0.5, 0.6) is 0 Å². The summed E-state index contributed by atoms with van der Waals surface area (Å²) < 4.78 is 0. The van der Waals surface area contributed by atoms with E-state index in [4.69, 9.17) is 28.9 Å². The molecule has 2 heterocycles. The average Bonchev–Trinajstić information content (AvgIpc) is 2.55. The molecule has 0 radical (unpaired) electrons. The van der Waals surface area contributed by atoms with E-state index in [1.807, 2.05) is 19.1 Å². The Hall–Kier alpha value is -2.57. The van der Waals surface area contributed by atoms with Gasteiger partial charge in [-0.05, 0) is 42.8 Å². The number of nitrogens with zero attached hydrogens (tertiary/aromatic N) is 3. The number of nitrogen functional groups attached to an aromatic ring is 1. The lowest BCUT2D eigenvalue weighted by Gasteiger charge is -2.12. The van der Waals surface area contributed by atoms with E-state index in [0.717, 1.165) is 11.3 Å². The second-order valence-electron chi connectivity index (χ2n) is 5.08. The van der Waals surface area contributed by atoms with Crippen LogP contribution in [0.4, 0.5) is 28.8 Å². The summed E-state index contributed by atoms with van der Waals surface area (Å²) in [6.45, 7) is 1.98. The lowest BCUT2D eigenvalue weighted by molar-refractivity contribution is 1.16. The SMILES string of the molecule is Cc1ccnc(Nc2ncnc(Nc3ccc(Cl)c(Cl)c3)c2N)c1. The predicted octanol–water partition coefficient (Wildman–Crippen LogP) is 4.56. The zero-order valence-electron chi connectivity index (χ0n) is 12.7. The van der Waals surface area contributed by atoms with Crippen LogP contribution in [-0.4, -0.2) is 15.0 Å². The van der Waals surface area contributed by atoms with Crippen LogP contribution in [0, 0.1) is 6.92 Å². The highest BCUT2D eigenvalue weighted by Gasteiger charge is 2.10. The molecule has 0 fully saturated rings. The third-order valence-electron chi connectivity index (χ3n) is 3.23. The standard InChI is InChI=1S/C16H14Cl2N6/c1-9-4-5-20-13(6-9)24-16-14(19)15(21-8-22-16)23-10-2-3-11(17)12(18)7-10/h2-8H,19H2,1H3,(H2,20,21,22,23,24). The molecule has 24 heavy (non-hydrogen) atoms. The third-order valence-corrected chi connectivity index (χ3v) is 3.97. The Labute approximate surface area is 149 Å². The van der Waals surface area contributed by atoms with E-state index in [-0.39, 0.29) is 0 Å². The minimum absolute atomic E-state index is 0.367. The first-order valence-electron chi connectivity index (χ1n) is 7.05. The summed E-state index contributed by atoms with van der Waals surface area (Å²) in [7, 11) is 0. The summed E-state index contributed by atoms with van der Waals surface area (Å²) in [6.07, 6.45) is 3.12. The van der Waals surface area contributed by atoms with Crippen LogP contribution in [0.25, 0.3) is 0 Å². The normalized spacial score (nSPS) is 10.5. The highest BCUT2D eigenvalue weighted by molar-refractivity contribution is 6.42. The molecule has 0 spiro atoms. The molecule has 0 bridgehead atoms. The zero-order chi connectivity index (χ0) is 17.1. The average molecular weight is 361 g/mol. The van der Waals surface area contributed by atoms with Crippen molar-refractivity contribution in [1.29, 1.82) is 0 Å². The minimum atomic E-state index is 0.367. The van der Waals surface area contributed by atoms with E-state index in [1.54, 1.807) is 24.4 Å². The monoisotopic (exact) mass is 360 g/mol. The summed E-state index contributed by atoms with van der Waals surface area (Å²) in [5, 5.41) is 7.10. The fourth-order valence-electron chi connectivity index (χ4n) is 2.03. The first kappa shape index (κ1) is 16.3. The topological polar surface area (TPSA) is 88.8 Å². The van der Waals surface area contributed by atoms with Crippen LogP contribution in [0.15, 0.2) is 42.9 Å². The number of benzene rings is 1. The Bertz CT molecular complexity index is 884. The van der Waals surface area contributed by atoms with E-state index in [2.05, 4.69) is 25.6 Å². The maximum atomic E-state index is 6.15. The van der Waals surface area contributed by atoms with E-state index < -0.39 is 0 Å². The number of rotatable bonds is 4. The van der Waals surface area contributed by atoms with Crippen LogP contribution in [-0.2, 0) is 0 Å². The molecular formula is C16H14Cl2N6. The lowest BCUT2D eigenvalue weighted by Crippen LogP contribution is -2.06. The highest BCUT2D eigenvalue weighted by Crippen LogP contribution is 2.30. The van der Waals surface area contributed by atoms with Gasteiger partial charge in [-0.1, -0.05) is 23.2 Å². The summed E-state index contributed by atoms with van der Waals surface area (Å²) in [4.78, 5) is 12.6. The van der Waals surface area contributed by atoms with Crippen LogP contribution in [0.1, 0.15) is 5.56 Å². The first-order valence-corrected chi connectivity index (χ1v) is 7.81. The Morgan fingerprint density at radius 2 is 1.67 bits per heavy atom.